The summed E-state index contributed by atoms with van der Waals surface area (Å²) in [4.78, 5) is 4.46. The van der Waals surface area contributed by atoms with Gasteiger partial charge in [-0.1, -0.05) is 35.9 Å². The maximum Gasteiger partial charge on any atom is 0.243 e. The minimum absolute atomic E-state index is 0.184. The predicted molar refractivity (Wildman–Crippen MR) is 92.0 cm³/mol. The molecule has 2 aromatic carbocycles. The van der Waals surface area contributed by atoms with E-state index >= 15 is 0 Å². The fourth-order valence-electron chi connectivity index (χ4n) is 2.32. The number of benzene rings is 2. The zero-order valence-electron chi connectivity index (χ0n) is 12.5. The number of para-hydroxylation sites is 1. The molecule has 1 N–H and O–H groups in total. The highest BCUT2D eigenvalue weighted by Gasteiger charge is 2.17. The molecule has 0 bridgehead atoms. The monoisotopic (exact) mass is 346 g/mol. The molecule has 0 spiro atoms. The number of hydrogen-bond donors (Lipinski definition) is 1. The number of fused-ring (bicyclic) bond motifs is 1. The zero-order valence-corrected chi connectivity index (χ0v) is 14.0. The van der Waals surface area contributed by atoms with Crippen molar-refractivity contribution in [2.24, 2.45) is 0 Å². The highest BCUT2D eigenvalue weighted by Crippen LogP contribution is 2.22. The Hall–Kier alpha value is -1.95. The molecular weight excluding hydrogens is 332 g/mol. The van der Waals surface area contributed by atoms with E-state index in [9.17, 15) is 8.42 Å². The molecule has 0 atom stereocenters. The third kappa shape index (κ3) is 3.52. The van der Waals surface area contributed by atoms with E-state index in [4.69, 9.17) is 11.6 Å². The van der Waals surface area contributed by atoms with Gasteiger partial charge in [0.2, 0.25) is 10.0 Å². The van der Waals surface area contributed by atoms with Crippen LogP contribution in [0.25, 0.3) is 10.9 Å². The van der Waals surface area contributed by atoms with E-state index in [2.05, 4.69) is 9.71 Å². The highest BCUT2D eigenvalue weighted by molar-refractivity contribution is 7.89. The lowest BCUT2D eigenvalue weighted by atomic mass is 10.2. The molecule has 3 rings (SSSR count). The molecule has 23 heavy (non-hydrogen) atoms. The minimum atomic E-state index is -3.65. The van der Waals surface area contributed by atoms with Crippen molar-refractivity contribution in [3.63, 3.8) is 0 Å². The van der Waals surface area contributed by atoms with Gasteiger partial charge in [-0.25, -0.2) is 13.1 Å². The van der Waals surface area contributed by atoms with Crippen LogP contribution in [0, 0.1) is 6.92 Å². The normalized spacial score (nSPS) is 11.7. The molecule has 118 valence electrons. The van der Waals surface area contributed by atoms with Crippen molar-refractivity contribution >= 4 is 32.5 Å². The maximum atomic E-state index is 12.6. The molecule has 0 aliphatic carbocycles. The van der Waals surface area contributed by atoms with Crippen LogP contribution < -0.4 is 4.72 Å². The van der Waals surface area contributed by atoms with Gasteiger partial charge < -0.3 is 0 Å². The fraction of sp³-hybridized carbons (Fsp3) is 0.118. The first-order chi connectivity index (χ1) is 11.0. The number of hydrogen-bond acceptors (Lipinski definition) is 3. The van der Waals surface area contributed by atoms with E-state index in [0.717, 1.165) is 16.5 Å². The van der Waals surface area contributed by atoms with Crippen LogP contribution in [-0.4, -0.2) is 13.4 Å². The molecule has 3 aromatic rings. The molecule has 1 heterocycles. The third-order valence-electron chi connectivity index (χ3n) is 3.48. The SMILES string of the molecule is Cc1cnc2c(S(=O)(=O)NCc3ccc(Cl)cc3)cccc2c1. The van der Waals surface area contributed by atoms with Gasteiger partial charge in [0.1, 0.15) is 4.90 Å². The van der Waals surface area contributed by atoms with Crippen molar-refractivity contribution in [2.75, 3.05) is 0 Å². The maximum absolute atomic E-state index is 12.6. The Kier molecular flexibility index (Phi) is 4.35. The second kappa shape index (κ2) is 6.28. The van der Waals surface area contributed by atoms with E-state index in [0.29, 0.717) is 10.5 Å². The molecular formula is C17H15ClN2O2S. The van der Waals surface area contributed by atoms with Crippen LogP contribution in [0.5, 0.6) is 0 Å². The van der Waals surface area contributed by atoms with Crippen molar-refractivity contribution in [1.82, 2.24) is 9.71 Å². The average Bonchev–Trinajstić information content (AvgIpc) is 2.53. The second-order valence-corrected chi connectivity index (χ2v) is 7.46. The number of nitrogens with zero attached hydrogens (tertiary/aromatic N) is 1. The number of nitrogens with one attached hydrogen (secondary N) is 1. The first-order valence-corrected chi connectivity index (χ1v) is 8.91. The quantitative estimate of drug-likeness (QED) is 0.784. The standard InChI is InChI=1S/C17H15ClN2O2S/c1-12-9-14-3-2-4-16(17(14)19-10-12)23(21,22)20-11-13-5-7-15(18)8-6-13/h2-10,20H,11H2,1H3. The Morgan fingerprint density at radius 3 is 2.61 bits per heavy atom. The summed E-state index contributed by atoms with van der Waals surface area (Å²) in [7, 11) is -3.65. The summed E-state index contributed by atoms with van der Waals surface area (Å²) in [5.74, 6) is 0. The number of rotatable bonds is 4. The van der Waals surface area contributed by atoms with Gasteiger partial charge in [-0.3, -0.25) is 4.98 Å². The molecule has 4 nitrogen and oxygen atoms in total. The van der Waals surface area contributed by atoms with Gasteiger partial charge >= 0.3 is 0 Å². The minimum Gasteiger partial charge on any atom is -0.255 e. The van der Waals surface area contributed by atoms with Gasteiger partial charge in [0.05, 0.1) is 5.52 Å². The first-order valence-electron chi connectivity index (χ1n) is 7.05. The summed E-state index contributed by atoms with van der Waals surface area (Å²) >= 11 is 5.83. The Bertz CT molecular complexity index is 954. The topological polar surface area (TPSA) is 59.1 Å². The van der Waals surface area contributed by atoms with E-state index in [1.54, 1.807) is 42.6 Å². The number of aryl methyl sites for hydroxylation is 1. The van der Waals surface area contributed by atoms with Crippen molar-refractivity contribution in [3.05, 3.63) is 70.9 Å². The van der Waals surface area contributed by atoms with E-state index in [1.165, 1.54) is 0 Å². The number of aromatic nitrogens is 1. The molecule has 6 heteroatoms. The van der Waals surface area contributed by atoms with Gasteiger partial charge in [0, 0.05) is 23.2 Å². The van der Waals surface area contributed by atoms with Gasteiger partial charge in [-0.05, 0) is 42.3 Å². The van der Waals surface area contributed by atoms with E-state index in [1.807, 2.05) is 19.1 Å². The molecule has 0 saturated heterocycles. The summed E-state index contributed by atoms with van der Waals surface area (Å²) in [6.45, 7) is 2.12. The zero-order chi connectivity index (χ0) is 16.4. The molecule has 0 saturated carbocycles. The first kappa shape index (κ1) is 15.9. The smallest absolute Gasteiger partial charge is 0.243 e. The summed E-state index contributed by atoms with van der Waals surface area (Å²) < 4.78 is 27.8. The van der Waals surface area contributed by atoms with Gasteiger partial charge in [0.25, 0.3) is 0 Å². The van der Waals surface area contributed by atoms with Crippen LogP contribution in [0.4, 0.5) is 0 Å². The summed E-state index contributed by atoms with van der Waals surface area (Å²) in [5.41, 5.74) is 2.30. The largest absolute Gasteiger partial charge is 0.255 e. The van der Waals surface area contributed by atoms with Crippen LogP contribution in [-0.2, 0) is 16.6 Å². The number of halogens is 1. The molecule has 0 amide bonds. The number of sulfonamides is 1. The van der Waals surface area contributed by atoms with Gasteiger partial charge in [-0.2, -0.15) is 0 Å². The van der Waals surface area contributed by atoms with Crippen molar-refractivity contribution in [1.29, 1.82) is 0 Å². The van der Waals surface area contributed by atoms with Gasteiger partial charge in [-0.15, -0.1) is 0 Å². The van der Waals surface area contributed by atoms with Crippen LogP contribution in [0.3, 0.4) is 0 Å². The Morgan fingerprint density at radius 2 is 1.87 bits per heavy atom. The lowest BCUT2D eigenvalue weighted by Crippen LogP contribution is -2.23. The Labute approximate surface area is 140 Å². The van der Waals surface area contributed by atoms with E-state index in [-0.39, 0.29) is 11.4 Å². The number of pyridine rings is 1. The van der Waals surface area contributed by atoms with Crippen LogP contribution in [0.1, 0.15) is 11.1 Å². The Balaban J connectivity index is 1.92. The van der Waals surface area contributed by atoms with Crippen molar-refractivity contribution in [2.45, 2.75) is 18.4 Å². The molecule has 0 radical (unpaired) electrons. The molecule has 0 fully saturated rings. The second-order valence-electron chi connectivity index (χ2n) is 5.29. The summed E-state index contributed by atoms with van der Waals surface area (Å²) in [6.07, 6.45) is 1.67. The molecule has 0 aliphatic rings. The van der Waals surface area contributed by atoms with Crippen LogP contribution in [0.2, 0.25) is 5.02 Å². The lowest BCUT2D eigenvalue weighted by Gasteiger charge is -2.09. The van der Waals surface area contributed by atoms with Crippen LogP contribution >= 0.6 is 11.6 Å². The Morgan fingerprint density at radius 1 is 1.13 bits per heavy atom. The molecule has 0 aliphatic heterocycles. The fourth-order valence-corrected chi connectivity index (χ4v) is 3.64. The third-order valence-corrected chi connectivity index (χ3v) is 5.16. The predicted octanol–water partition coefficient (Wildman–Crippen LogP) is 3.68. The summed E-state index contributed by atoms with van der Waals surface area (Å²) in [6, 6.07) is 14.1. The highest BCUT2D eigenvalue weighted by atomic mass is 35.5. The molecule has 0 unspecified atom stereocenters. The summed E-state index contributed by atoms with van der Waals surface area (Å²) in [5, 5.41) is 1.42. The van der Waals surface area contributed by atoms with Gasteiger partial charge in [0.15, 0.2) is 0 Å². The van der Waals surface area contributed by atoms with Crippen molar-refractivity contribution in [3.8, 4) is 0 Å². The average molecular weight is 347 g/mol. The van der Waals surface area contributed by atoms with Crippen LogP contribution in [0.15, 0.2) is 59.6 Å². The molecule has 1 aromatic heterocycles. The lowest BCUT2D eigenvalue weighted by molar-refractivity contribution is 0.582. The van der Waals surface area contributed by atoms with Crippen molar-refractivity contribution < 1.29 is 8.42 Å². The van der Waals surface area contributed by atoms with E-state index < -0.39 is 10.0 Å².